The molecule has 12 nitrogen and oxygen atoms in total. The molecule has 2 fully saturated rings. The van der Waals surface area contributed by atoms with Crippen LogP contribution in [0.5, 0.6) is 0 Å². The summed E-state index contributed by atoms with van der Waals surface area (Å²) < 4.78 is 1.35. The van der Waals surface area contributed by atoms with Crippen molar-refractivity contribution in [2.45, 2.75) is 43.9 Å². The topological polar surface area (TPSA) is 164 Å². The Kier molecular flexibility index (Phi) is 5.07. The van der Waals surface area contributed by atoms with Crippen molar-refractivity contribution in [1.82, 2.24) is 29.9 Å². The van der Waals surface area contributed by atoms with Crippen molar-refractivity contribution in [3.05, 3.63) is 12.2 Å². The van der Waals surface area contributed by atoms with Gasteiger partial charge in [-0.05, 0) is 26.7 Å². The zero-order valence-corrected chi connectivity index (χ0v) is 16.6. The maximum absolute atomic E-state index is 12.9. The van der Waals surface area contributed by atoms with Crippen LogP contribution < -0.4 is 11.1 Å². The summed E-state index contributed by atoms with van der Waals surface area (Å²) in [6.07, 6.45) is 1.22. The molecule has 0 bridgehead atoms. The van der Waals surface area contributed by atoms with Gasteiger partial charge in [0.25, 0.3) is 11.8 Å². The predicted molar refractivity (Wildman–Crippen MR) is 98.0 cm³/mol. The number of nitrogens with zero attached hydrogens (tertiary/aromatic N) is 5. The van der Waals surface area contributed by atoms with E-state index in [-0.39, 0.29) is 30.7 Å². The highest BCUT2D eigenvalue weighted by molar-refractivity contribution is 6.02. The van der Waals surface area contributed by atoms with Gasteiger partial charge in [0.05, 0.1) is 19.2 Å². The summed E-state index contributed by atoms with van der Waals surface area (Å²) in [4.78, 5) is 56.4. The van der Waals surface area contributed by atoms with Crippen LogP contribution in [0.2, 0.25) is 0 Å². The highest BCUT2D eigenvalue weighted by Crippen LogP contribution is 2.39. The van der Waals surface area contributed by atoms with Gasteiger partial charge in [0.2, 0.25) is 17.6 Å². The first-order chi connectivity index (χ1) is 13.5. The second-order valence-electron chi connectivity index (χ2n) is 7.75. The number of β-lactam (4-membered cyclic amide) rings is 1. The molecule has 12 heteroatoms. The van der Waals surface area contributed by atoms with Crippen LogP contribution >= 0.6 is 0 Å². The monoisotopic (exact) mass is 407 g/mol. The molecule has 0 radical (unpaired) electrons. The molecule has 2 aliphatic rings. The van der Waals surface area contributed by atoms with E-state index in [1.165, 1.54) is 34.7 Å². The Morgan fingerprint density at radius 2 is 2.14 bits per heavy atom. The lowest BCUT2D eigenvalue weighted by molar-refractivity contribution is -0.161. The zero-order chi connectivity index (χ0) is 21.6. The Bertz CT molecular complexity index is 868. The van der Waals surface area contributed by atoms with E-state index in [4.69, 9.17) is 5.73 Å². The lowest BCUT2D eigenvalue weighted by atomic mass is 9.85. The Hall–Kier alpha value is -3.02. The van der Waals surface area contributed by atoms with Gasteiger partial charge in [-0.15, -0.1) is 0 Å². The van der Waals surface area contributed by atoms with Crippen molar-refractivity contribution >= 4 is 23.6 Å². The molecule has 3 atom stereocenters. The number of carbonyl (C=O) groups is 4. The molecule has 3 heterocycles. The zero-order valence-electron chi connectivity index (χ0n) is 16.6. The third-order valence-electron chi connectivity index (χ3n) is 5.86. The molecular formula is C17H25N7O5. The van der Waals surface area contributed by atoms with Gasteiger partial charge in [0, 0.05) is 13.6 Å². The summed E-state index contributed by atoms with van der Waals surface area (Å²) >= 11 is 0. The van der Waals surface area contributed by atoms with Crippen molar-refractivity contribution in [3.63, 3.8) is 0 Å². The number of aryl methyl sites for hydroxylation is 1. The number of aliphatic hydroxyl groups excluding tert-OH is 1. The number of likely N-dealkylation sites (tertiary alicyclic amines) is 2. The van der Waals surface area contributed by atoms with Crippen LogP contribution in [0.25, 0.3) is 0 Å². The van der Waals surface area contributed by atoms with Gasteiger partial charge in [-0.25, -0.2) is 9.67 Å². The highest BCUT2D eigenvalue weighted by Gasteiger charge is 2.60. The van der Waals surface area contributed by atoms with Gasteiger partial charge in [0.15, 0.2) is 0 Å². The SMILES string of the molecule is C[C@@H](O)C(C)(NC(=O)CN1CC2(CCCN2C(=O)c2ncnn2C)C1=O)C(N)=O. The van der Waals surface area contributed by atoms with E-state index in [2.05, 4.69) is 15.4 Å². The number of amides is 4. The average molecular weight is 407 g/mol. The summed E-state index contributed by atoms with van der Waals surface area (Å²) in [6.45, 7) is 2.96. The van der Waals surface area contributed by atoms with Crippen molar-refractivity contribution in [2.24, 2.45) is 12.8 Å². The summed E-state index contributed by atoms with van der Waals surface area (Å²) in [5, 5.41) is 16.1. The van der Waals surface area contributed by atoms with Crippen LogP contribution in [0.3, 0.4) is 0 Å². The van der Waals surface area contributed by atoms with E-state index in [1.807, 2.05) is 0 Å². The standard InChI is InChI=1S/C17H25N7O5/c1-10(25)16(2,14(18)28)21-11(26)7-23-8-17(15(23)29)5-4-6-24(17)13(27)12-19-9-20-22(12)3/h9-10,25H,4-8H2,1-3H3,(H2,18,28)(H,21,26)/t10-,16?,17?/m1/s1. The first-order valence-corrected chi connectivity index (χ1v) is 9.27. The van der Waals surface area contributed by atoms with E-state index in [0.717, 1.165) is 0 Å². The Labute approximate surface area is 167 Å². The number of nitrogens with two attached hydrogens (primary N) is 1. The molecule has 0 aromatic carbocycles. The Balaban J connectivity index is 1.67. The minimum Gasteiger partial charge on any atom is -0.390 e. The summed E-state index contributed by atoms with van der Waals surface area (Å²) in [5.74, 6) is -2.08. The molecule has 29 heavy (non-hydrogen) atoms. The van der Waals surface area contributed by atoms with E-state index < -0.39 is 29.0 Å². The minimum absolute atomic E-state index is 0.143. The largest absolute Gasteiger partial charge is 0.390 e. The molecular weight excluding hydrogens is 382 g/mol. The fourth-order valence-electron chi connectivity index (χ4n) is 3.83. The van der Waals surface area contributed by atoms with Crippen LogP contribution in [0.4, 0.5) is 0 Å². The van der Waals surface area contributed by atoms with Gasteiger partial charge < -0.3 is 26.0 Å². The lowest BCUT2D eigenvalue weighted by Gasteiger charge is -2.50. The van der Waals surface area contributed by atoms with Gasteiger partial charge in [-0.2, -0.15) is 5.10 Å². The maximum atomic E-state index is 12.9. The normalized spacial score (nSPS) is 24.2. The van der Waals surface area contributed by atoms with Crippen molar-refractivity contribution < 1.29 is 24.3 Å². The van der Waals surface area contributed by atoms with Crippen LogP contribution in [0.15, 0.2) is 6.33 Å². The van der Waals surface area contributed by atoms with Crippen molar-refractivity contribution in [2.75, 3.05) is 19.6 Å². The molecule has 2 aliphatic heterocycles. The van der Waals surface area contributed by atoms with E-state index in [9.17, 15) is 24.3 Å². The van der Waals surface area contributed by atoms with Gasteiger partial charge >= 0.3 is 0 Å². The molecule has 2 saturated heterocycles. The van der Waals surface area contributed by atoms with Gasteiger partial charge in [-0.1, -0.05) is 0 Å². The summed E-state index contributed by atoms with van der Waals surface area (Å²) in [5.41, 5.74) is 2.64. The van der Waals surface area contributed by atoms with Gasteiger partial charge in [-0.3, -0.25) is 19.2 Å². The first-order valence-electron chi connectivity index (χ1n) is 9.27. The van der Waals surface area contributed by atoms with E-state index >= 15 is 0 Å². The fourth-order valence-corrected chi connectivity index (χ4v) is 3.83. The molecule has 0 aliphatic carbocycles. The molecule has 4 N–H and O–H groups in total. The molecule has 1 aromatic heterocycles. The predicted octanol–water partition coefficient (Wildman–Crippen LogP) is -2.63. The molecule has 1 spiro atoms. The Morgan fingerprint density at radius 3 is 2.66 bits per heavy atom. The van der Waals surface area contributed by atoms with E-state index in [0.29, 0.717) is 19.4 Å². The average Bonchev–Trinajstić information content (AvgIpc) is 3.28. The number of hydrogen-bond acceptors (Lipinski definition) is 7. The van der Waals surface area contributed by atoms with Crippen LogP contribution in [0, 0.1) is 0 Å². The molecule has 3 rings (SSSR count). The highest BCUT2D eigenvalue weighted by atomic mass is 16.3. The van der Waals surface area contributed by atoms with Gasteiger partial charge in [0.1, 0.15) is 17.4 Å². The molecule has 4 amide bonds. The second kappa shape index (κ2) is 7.10. The third kappa shape index (κ3) is 3.22. The molecule has 1 aromatic rings. The number of aliphatic hydroxyl groups is 1. The fraction of sp³-hybridized carbons (Fsp3) is 0.647. The number of nitrogens with one attached hydrogen (secondary N) is 1. The summed E-state index contributed by atoms with van der Waals surface area (Å²) in [7, 11) is 1.60. The molecule has 0 saturated carbocycles. The number of hydrogen-bond donors (Lipinski definition) is 3. The van der Waals surface area contributed by atoms with E-state index in [1.54, 1.807) is 7.05 Å². The maximum Gasteiger partial charge on any atom is 0.292 e. The number of aromatic nitrogens is 3. The number of rotatable bonds is 6. The quantitative estimate of drug-likeness (QED) is 0.434. The third-order valence-corrected chi connectivity index (χ3v) is 5.86. The number of carbonyl (C=O) groups excluding carboxylic acids is 4. The molecule has 158 valence electrons. The van der Waals surface area contributed by atoms with Crippen LogP contribution in [0.1, 0.15) is 37.3 Å². The first kappa shape index (κ1) is 20.7. The van der Waals surface area contributed by atoms with Crippen molar-refractivity contribution in [1.29, 1.82) is 0 Å². The molecule has 2 unspecified atom stereocenters. The smallest absolute Gasteiger partial charge is 0.292 e. The lowest BCUT2D eigenvalue weighted by Crippen LogP contribution is -2.74. The van der Waals surface area contributed by atoms with Crippen molar-refractivity contribution in [3.8, 4) is 0 Å². The van der Waals surface area contributed by atoms with Crippen LogP contribution in [-0.2, 0) is 21.4 Å². The van der Waals surface area contributed by atoms with Crippen LogP contribution in [-0.4, -0.2) is 90.1 Å². The number of primary amides is 1. The Morgan fingerprint density at radius 1 is 1.45 bits per heavy atom. The summed E-state index contributed by atoms with van der Waals surface area (Å²) in [6, 6.07) is 0. The second-order valence-corrected chi connectivity index (χ2v) is 7.75. The minimum atomic E-state index is -1.65.